The zero-order chi connectivity index (χ0) is 25.1. The molecule has 1 heterocycles. The number of carbonyl (C=O) groups is 4. The number of hydrogen-bond acceptors (Lipinski definition) is 7. The molecule has 0 bridgehead atoms. The first-order chi connectivity index (χ1) is 16.7. The van der Waals surface area contributed by atoms with Gasteiger partial charge in [-0.05, 0) is 42.8 Å². The van der Waals surface area contributed by atoms with E-state index in [2.05, 4.69) is 5.32 Å². The number of carbonyl (C=O) groups excluding carboxylic acids is 4. The zero-order valence-electron chi connectivity index (χ0n) is 18.5. The fraction of sp³-hybridized carbons (Fsp3) is 0.120. The van der Waals surface area contributed by atoms with Gasteiger partial charge in [-0.15, -0.1) is 0 Å². The van der Waals surface area contributed by atoms with E-state index >= 15 is 0 Å². The maximum absolute atomic E-state index is 12.6. The molecule has 1 aliphatic heterocycles. The van der Waals surface area contributed by atoms with Gasteiger partial charge >= 0.3 is 5.97 Å². The lowest BCUT2D eigenvalue weighted by Gasteiger charge is -2.16. The van der Waals surface area contributed by atoms with Gasteiger partial charge < -0.3 is 10.1 Å². The summed E-state index contributed by atoms with van der Waals surface area (Å²) in [5, 5.41) is 13.4. The molecule has 4 rings (SSSR count). The quantitative estimate of drug-likeness (QED) is 0.240. The molecule has 3 aromatic rings. The molecule has 0 saturated heterocycles. The highest BCUT2D eigenvalue weighted by atomic mass is 16.6. The summed E-state index contributed by atoms with van der Waals surface area (Å²) in [6.45, 7) is 1.34. The number of non-ortho nitro benzene ring substituents is 1. The summed E-state index contributed by atoms with van der Waals surface area (Å²) in [7, 11) is 0. The van der Waals surface area contributed by atoms with Crippen molar-refractivity contribution in [3.63, 3.8) is 0 Å². The van der Waals surface area contributed by atoms with Crippen molar-refractivity contribution in [3.05, 3.63) is 105 Å². The second-order valence-corrected chi connectivity index (χ2v) is 7.79. The molecule has 35 heavy (non-hydrogen) atoms. The van der Waals surface area contributed by atoms with Crippen molar-refractivity contribution in [1.29, 1.82) is 0 Å². The van der Waals surface area contributed by atoms with Gasteiger partial charge in [-0.2, -0.15) is 0 Å². The van der Waals surface area contributed by atoms with Gasteiger partial charge in [-0.1, -0.05) is 30.3 Å². The molecule has 0 saturated carbocycles. The summed E-state index contributed by atoms with van der Waals surface area (Å²) in [4.78, 5) is 61.6. The number of nitrogens with one attached hydrogen (secondary N) is 1. The van der Waals surface area contributed by atoms with Crippen LogP contribution in [-0.4, -0.2) is 39.6 Å². The largest absolute Gasteiger partial charge is 0.449 e. The number of benzene rings is 3. The number of nitro benzene ring substituents is 1. The van der Waals surface area contributed by atoms with Crippen LogP contribution in [0.3, 0.4) is 0 Å². The Morgan fingerprint density at radius 3 is 2.29 bits per heavy atom. The second-order valence-electron chi connectivity index (χ2n) is 7.79. The van der Waals surface area contributed by atoms with Gasteiger partial charge in [-0.25, -0.2) is 4.79 Å². The Morgan fingerprint density at radius 1 is 0.971 bits per heavy atom. The molecule has 0 radical (unpaired) electrons. The van der Waals surface area contributed by atoms with E-state index in [1.165, 1.54) is 43.3 Å². The number of fused-ring (bicyclic) bond motifs is 1. The van der Waals surface area contributed by atoms with Crippen LogP contribution in [-0.2, 0) is 16.1 Å². The topological polar surface area (TPSA) is 136 Å². The smallest absolute Gasteiger partial charge is 0.338 e. The lowest BCUT2D eigenvalue weighted by Crippen LogP contribution is -2.30. The molecule has 0 fully saturated rings. The van der Waals surface area contributed by atoms with Crippen LogP contribution in [0.4, 0.5) is 11.4 Å². The molecule has 1 unspecified atom stereocenters. The predicted molar refractivity (Wildman–Crippen MR) is 124 cm³/mol. The average Bonchev–Trinajstić information content (AvgIpc) is 3.09. The first kappa shape index (κ1) is 23.3. The van der Waals surface area contributed by atoms with Gasteiger partial charge in [-0.3, -0.25) is 29.4 Å². The number of esters is 1. The van der Waals surface area contributed by atoms with E-state index in [9.17, 15) is 29.3 Å². The molecule has 10 heteroatoms. The van der Waals surface area contributed by atoms with E-state index in [1.54, 1.807) is 36.4 Å². The van der Waals surface area contributed by atoms with Crippen LogP contribution in [0.2, 0.25) is 0 Å². The van der Waals surface area contributed by atoms with Crippen LogP contribution in [0.5, 0.6) is 0 Å². The summed E-state index contributed by atoms with van der Waals surface area (Å²) < 4.78 is 5.23. The third-order valence-corrected chi connectivity index (χ3v) is 5.36. The molecule has 3 amide bonds. The Hall–Kier alpha value is -4.86. The number of imide groups is 1. The van der Waals surface area contributed by atoms with Crippen molar-refractivity contribution >= 4 is 35.1 Å². The number of rotatable bonds is 7. The molecule has 0 aliphatic carbocycles. The monoisotopic (exact) mass is 473 g/mol. The maximum Gasteiger partial charge on any atom is 0.338 e. The highest BCUT2D eigenvalue weighted by Crippen LogP contribution is 2.24. The zero-order valence-corrected chi connectivity index (χ0v) is 18.5. The first-order valence-electron chi connectivity index (χ1n) is 10.5. The van der Waals surface area contributed by atoms with Crippen LogP contribution in [0.1, 0.15) is 43.6 Å². The van der Waals surface area contributed by atoms with E-state index in [4.69, 9.17) is 4.74 Å². The number of ether oxygens (including phenoxy) is 1. The number of nitro groups is 1. The summed E-state index contributed by atoms with van der Waals surface area (Å²) in [5.74, 6) is -2.27. The molecule has 1 aliphatic rings. The highest BCUT2D eigenvalue weighted by Gasteiger charge is 2.35. The molecular formula is C25H19N3O7. The van der Waals surface area contributed by atoms with Gasteiger partial charge in [0.2, 0.25) is 0 Å². The molecule has 1 atom stereocenters. The predicted octanol–water partition coefficient (Wildman–Crippen LogP) is 3.58. The molecule has 3 aromatic carbocycles. The summed E-state index contributed by atoms with van der Waals surface area (Å²) in [5.41, 5.74) is 1.32. The number of nitrogens with zero attached hydrogens (tertiary/aromatic N) is 2. The minimum atomic E-state index is -1.19. The van der Waals surface area contributed by atoms with E-state index < -0.39 is 34.7 Å². The maximum atomic E-state index is 12.6. The number of anilines is 1. The Morgan fingerprint density at radius 2 is 1.63 bits per heavy atom. The Labute approximate surface area is 199 Å². The van der Waals surface area contributed by atoms with E-state index in [1.807, 2.05) is 0 Å². The van der Waals surface area contributed by atoms with Crippen LogP contribution < -0.4 is 5.32 Å². The standard InChI is InChI=1S/C25H19N3O7/c1-15(22(29)26-18-8-5-9-19(13-18)28(33)34)35-25(32)17-7-4-6-16(12-17)14-27-23(30)20-10-2-3-11-21(20)24(27)31/h2-13,15H,14H2,1H3,(H,26,29). The third-order valence-electron chi connectivity index (χ3n) is 5.36. The minimum absolute atomic E-state index is 0.0315. The van der Waals surface area contributed by atoms with Crippen LogP contribution in [0.25, 0.3) is 0 Å². The Kier molecular flexibility index (Phi) is 6.36. The molecule has 176 valence electrons. The van der Waals surface area contributed by atoms with Gasteiger partial charge in [0.15, 0.2) is 6.10 Å². The summed E-state index contributed by atoms with van der Waals surface area (Å²) >= 11 is 0. The first-order valence-corrected chi connectivity index (χ1v) is 10.5. The number of hydrogen-bond donors (Lipinski definition) is 1. The van der Waals surface area contributed by atoms with Crippen molar-refractivity contribution in [2.45, 2.75) is 19.6 Å². The fourth-order valence-corrected chi connectivity index (χ4v) is 3.59. The van der Waals surface area contributed by atoms with Crippen LogP contribution in [0, 0.1) is 10.1 Å². The SMILES string of the molecule is CC(OC(=O)c1cccc(CN2C(=O)c3ccccc3C2=O)c1)C(=O)Nc1cccc([N+](=O)[O-])c1. The number of amides is 3. The van der Waals surface area contributed by atoms with Crippen molar-refractivity contribution in [3.8, 4) is 0 Å². The average molecular weight is 473 g/mol. The third kappa shape index (κ3) is 4.91. The van der Waals surface area contributed by atoms with Crippen LogP contribution >= 0.6 is 0 Å². The van der Waals surface area contributed by atoms with E-state index in [0.29, 0.717) is 16.7 Å². The van der Waals surface area contributed by atoms with Crippen molar-refractivity contribution in [2.75, 3.05) is 5.32 Å². The van der Waals surface area contributed by atoms with Crippen molar-refractivity contribution in [1.82, 2.24) is 4.90 Å². The highest BCUT2D eigenvalue weighted by molar-refractivity contribution is 6.21. The summed E-state index contributed by atoms with van der Waals surface area (Å²) in [6.07, 6.45) is -1.19. The van der Waals surface area contributed by atoms with Gasteiger partial charge in [0.1, 0.15) is 0 Å². The van der Waals surface area contributed by atoms with E-state index in [0.717, 1.165) is 4.90 Å². The second kappa shape index (κ2) is 9.56. The normalized spacial score (nSPS) is 13.2. The molecule has 1 N–H and O–H groups in total. The van der Waals surface area contributed by atoms with Gasteiger partial charge in [0.25, 0.3) is 23.4 Å². The minimum Gasteiger partial charge on any atom is -0.449 e. The molecule has 10 nitrogen and oxygen atoms in total. The van der Waals surface area contributed by atoms with Crippen LogP contribution in [0.15, 0.2) is 72.8 Å². The van der Waals surface area contributed by atoms with Gasteiger partial charge in [0, 0.05) is 17.8 Å². The molecule has 0 aromatic heterocycles. The molecular weight excluding hydrogens is 454 g/mol. The summed E-state index contributed by atoms with van der Waals surface area (Å²) in [6, 6.07) is 18.1. The fourth-order valence-electron chi connectivity index (χ4n) is 3.59. The van der Waals surface area contributed by atoms with Crippen molar-refractivity contribution in [2.24, 2.45) is 0 Å². The van der Waals surface area contributed by atoms with E-state index in [-0.39, 0.29) is 23.5 Å². The molecule has 0 spiro atoms. The Bertz CT molecular complexity index is 1330. The Balaban J connectivity index is 1.40. The lowest BCUT2D eigenvalue weighted by molar-refractivity contribution is -0.384. The van der Waals surface area contributed by atoms with Crippen molar-refractivity contribution < 1.29 is 28.8 Å². The van der Waals surface area contributed by atoms with Gasteiger partial charge in [0.05, 0.1) is 28.2 Å². The lowest BCUT2D eigenvalue weighted by atomic mass is 10.1.